The number of pyridine rings is 1. The lowest BCUT2D eigenvalue weighted by molar-refractivity contribution is -0.138. The highest BCUT2D eigenvalue weighted by Gasteiger charge is 2.34. The number of hydrogen-bond acceptors (Lipinski definition) is 6. The van der Waals surface area contributed by atoms with Gasteiger partial charge in [-0.1, -0.05) is 12.0 Å². The minimum atomic E-state index is -4.56. The van der Waals surface area contributed by atoms with Crippen LogP contribution in [0.2, 0.25) is 0 Å². The van der Waals surface area contributed by atoms with Crippen LogP contribution in [0.1, 0.15) is 45.6 Å². The minimum Gasteiger partial charge on any atom is -0.328 e. The Morgan fingerprint density at radius 1 is 1.11 bits per heavy atom. The Kier molecular flexibility index (Phi) is 7.09. The monoisotopic (exact) mass is 519 g/mol. The second-order valence-corrected chi connectivity index (χ2v) is 9.09. The molecule has 194 valence electrons. The molecule has 4 aromatic rings. The number of likely N-dealkylation sites (tertiary alicyclic amines) is 1. The summed E-state index contributed by atoms with van der Waals surface area (Å²) in [5.74, 6) is 5.27. The zero-order chi connectivity index (χ0) is 26.7. The van der Waals surface area contributed by atoms with E-state index in [-0.39, 0.29) is 29.4 Å². The zero-order valence-electron chi connectivity index (χ0n) is 20.2. The molecule has 0 radical (unpaired) electrons. The van der Waals surface area contributed by atoms with E-state index in [2.05, 4.69) is 32.2 Å². The number of fused-ring (bicyclic) bond motifs is 1. The third kappa shape index (κ3) is 5.82. The molecule has 1 aromatic carbocycles. The maximum atomic E-state index is 13.9. The van der Waals surface area contributed by atoms with Gasteiger partial charge in [0.15, 0.2) is 5.65 Å². The predicted octanol–water partition coefficient (Wildman–Crippen LogP) is 3.72. The van der Waals surface area contributed by atoms with Crippen molar-refractivity contribution in [1.29, 1.82) is 0 Å². The van der Waals surface area contributed by atoms with Crippen molar-refractivity contribution in [3.05, 3.63) is 89.1 Å². The molecule has 1 aliphatic heterocycles. The quantitative estimate of drug-likeness (QED) is 0.399. The van der Waals surface area contributed by atoms with Crippen molar-refractivity contribution in [1.82, 2.24) is 24.5 Å². The van der Waals surface area contributed by atoms with Crippen molar-refractivity contribution in [3.63, 3.8) is 0 Å². The Morgan fingerprint density at radius 3 is 2.71 bits per heavy atom. The van der Waals surface area contributed by atoms with Crippen molar-refractivity contribution in [2.45, 2.75) is 31.6 Å². The van der Waals surface area contributed by atoms with Crippen LogP contribution >= 0.6 is 0 Å². The second kappa shape index (κ2) is 10.6. The van der Waals surface area contributed by atoms with Crippen molar-refractivity contribution in [2.75, 3.05) is 18.4 Å². The first kappa shape index (κ1) is 25.4. The van der Waals surface area contributed by atoms with Gasteiger partial charge in [-0.3, -0.25) is 14.7 Å². The van der Waals surface area contributed by atoms with Gasteiger partial charge in [-0.15, -0.1) is 0 Å². The van der Waals surface area contributed by atoms with E-state index in [1.165, 1.54) is 30.6 Å². The number of carbonyl (C=O) groups excluding carboxylic acids is 1. The molecule has 0 bridgehead atoms. The number of anilines is 1. The number of piperidine rings is 1. The molecule has 0 unspecified atom stereocenters. The third-order valence-corrected chi connectivity index (χ3v) is 6.31. The fraction of sp³-hybridized carbons (Fsp3) is 0.259. The summed E-state index contributed by atoms with van der Waals surface area (Å²) in [7, 11) is 0. The van der Waals surface area contributed by atoms with Crippen molar-refractivity contribution in [2.24, 2.45) is 5.73 Å². The van der Waals surface area contributed by atoms with Gasteiger partial charge in [-0.05, 0) is 67.7 Å². The van der Waals surface area contributed by atoms with E-state index in [0.29, 0.717) is 30.0 Å². The SMILES string of the molecule is NC1CCN(Cc2ccc(NC(=O)c3cncc(C#Cc4cnc5cccnn45)c3)cc2C(F)(F)F)CC1. The Morgan fingerprint density at radius 2 is 1.92 bits per heavy atom. The highest BCUT2D eigenvalue weighted by atomic mass is 19.4. The largest absolute Gasteiger partial charge is 0.416 e. The fourth-order valence-electron chi connectivity index (χ4n) is 4.29. The summed E-state index contributed by atoms with van der Waals surface area (Å²) in [5, 5.41) is 6.74. The summed E-state index contributed by atoms with van der Waals surface area (Å²) < 4.78 is 43.2. The Hall–Kier alpha value is -4.27. The molecule has 3 aromatic heterocycles. The number of benzene rings is 1. The lowest BCUT2D eigenvalue weighted by Crippen LogP contribution is -2.39. The molecule has 1 saturated heterocycles. The van der Waals surface area contributed by atoms with Crippen molar-refractivity contribution in [3.8, 4) is 11.8 Å². The highest BCUT2D eigenvalue weighted by molar-refractivity contribution is 6.04. The number of aromatic nitrogens is 4. The molecule has 5 rings (SSSR count). The molecular weight excluding hydrogens is 495 g/mol. The smallest absolute Gasteiger partial charge is 0.328 e. The molecule has 0 saturated carbocycles. The van der Waals surface area contributed by atoms with Crippen LogP contribution in [0.4, 0.5) is 18.9 Å². The molecule has 4 heterocycles. The van der Waals surface area contributed by atoms with Crippen molar-refractivity contribution >= 4 is 17.2 Å². The highest BCUT2D eigenvalue weighted by Crippen LogP contribution is 2.35. The maximum absolute atomic E-state index is 13.9. The number of imidazole rings is 1. The number of hydrogen-bond donors (Lipinski definition) is 2. The summed E-state index contributed by atoms with van der Waals surface area (Å²) in [6.45, 7) is 1.47. The molecule has 0 aliphatic carbocycles. The number of nitrogens with two attached hydrogens (primary N) is 1. The van der Waals surface area contributed by atoms with Gasteiger partial charge in [0.2, 0.25) is 0 Å². The van der Waals surface area contributed by atoms with Crippen LogP contribution in [0.25, 0.3) is 5.65 Å². The van der Waals surface area contributed by atoms with Crippen LogP contribution in [-0.4, -0.2) is 49.5 Å². The Balaban J connectivity index is 1.32. The predicted molar refractivity (Wildman–Crippen MR) is 135 cm³/mol. The molecular formula is C27H24F3N7O. The van der Waals surface area contributed by atoms with E-state index in [0.717, 1.165) is 18.9 Å². The average molecular weight is 520 g/mol. The third-order valence-electron chi connectivity index (χ3n) is 6.31. The topological polar surface area (TPSA) is 101 Å². The van der Waals surface area contributed by atoms with Gasteiger partial charge in [0, 0.05) is 42.4 Å². The lowest BCUT2D eigenvalue weighted by Gasteiger charge is -2.30. The van der Waals surface area contributed by atoms with Gasteiger partial charge in [-0.25, -0.2) is 9.50 Å². The minimum absolute atomic E-state index is 0.0417. The van der Waals surface area contributed by atoms with Crippen molar-refractivity contribution < 1.29 is 18.0 Å². The first-order valence-corrected chi connectivity index (χ1v) is 12.0. The van der Waals surface area contributed by atoms with Gasteiger partial charge < -0.3 is 11.1 Å². The molecule has 11 heteroatoms. The molecule has 1 aliphatic rings. The molecule has 8 nitrogen and oxygen atoms in total. The number of alkyl halides is 3. The van der Waals surface area contributed by atoms with Crippen LogP contribution in [0.15, 0.2) is 61.2 Å². The van der Waals surface area contributed by atoms with Gasteiger partial charge in [0.25, 0.3) is 5.91 Å². The molecule has 38 heavy (non-hydrogen) atoms. The molecule has 1 fully saturated rings. The number of amides is 1. The first-order chi connectivity index (χ1) is 18.3. The molecule has 3 N–H and O–H groups in total. The Bertz CT molecular complexity index is 1530. The molecule has 0 spiro atoms. The van der Waals surface area contributed by atoms with E-state index in [1.54, 1.807) is 29.0 Å². The number of nitrogens with zero attached hydrogens (tertiary/aromatic N) is 5. The van der Waals surface area contributed by atoms with Crippen LogP contribution < -0.4 is 11.1 Å². The fourth-order valence-corrected chi connectivity index (χ4v) is 4.29. The van der Waals surface area contributed by atoms with Gasteiger partial charge >= 0.3 is 6.18 Å². The van der Waals surface area contributed by atoms with Gasteiger partial charge in [0.1, 0.15) is 5.69 Å². The van der Waals surface area contributed by atoms with E-state index < -0.39 is 17.6 Å². The summed E-state index contributed by atoms with van der Waals surface area (Å²) in [6.07, 6.45) is 2.97. The second-order valence-electron chi connectivity index (χ2n) is 9.09. The van der Waals surface area contributed by atoms with Gasteiger partial charge in [0.05, 0.1) is 17.3 Å². The standard InChI is InChI=1S/C27H24F3N7O/c28-27(29,30)24-13-22(5-4-19(24)17-36-10-7-21(31)8-11-36)35-26(38)20-12-18(14-32-15-20)3-6-23-16-33-25-2-1-9-34-37(23)25/h1-2,4-5,9,12-16,21H,7-8,10-11,17,31H2,(H,35,38). The summed E-state index contributed by atoms with van der Waals surface area (Å²) in [4.78, 5) is 23.1. The number of carbonyl (C=O) groups is 1. The van der Waals surface area contributed by atoms with E-state index >= 15 is 0 Å². The average Bonchev–Trinajstić information content (AvgIpc) is 3.32. The number of rotatable bonds is 4. The van der Waals surface area contributed by atoms with E-state index in [4.69, 9.17) is 5.73 Å². The number of halogens is 3. The Labute approximate surface area is 216 Å². The van der Waals surface area contributed by atoms with Crippen LogP contribution in [0.3, 0.4) is 0 Å². The van der Waals surface area contributed by atoms with Crippen LogP contribution in [0, 0.1) is 11.8 Å². The maximum Gasteiger partial charge on any atom is 0.416 e. The summed E-state index contributed by atoms with van der Waals surface area (Å²) >= 11 is 0. The lowest BCUT2D eigenvalue weighted by atomic mass is 10.0. The van der Waals surface area contributed by atoms with E-state index in [1.807, 2.05) is 4.90 Å². The van der Waals surface area contributed by atoms with Crippen LogP contribution in [-0.2, 0) is 12.7 Å². The zero-order valence-corrected chi connectivity index (χ0v) is 20.2. The van der Waals surface area contributed by atoms with E-state index in [9.17, 15) is 18.0 Å². The molecule has 1 amide bonds. The normalized spacial score (nSPS) is 14.7. The molecule has 0 atom stereocenters. The number of nitrogens with one attached hydrogen (secondary N) is 1. The van der Waals surface area contributed by atoms with Crippen LogP contribution in [0.5, 0.6) is 0 Å². The summed E-state index contributed by atoms with van der Waals surface area (Å²) in [5.41, 5.74) is 7.16. The van der Waals surface area contributed by atoms with Gasteiger partial charge in [-0.2, -0.15) is 18.3 Å². The first-order valence-electron chi connectivity index (χ1n) is 12.0. The summed E-state index contributed by atoms with van der Waals surface area (Å²) in [6, 6.07) is 9.04.